The first-order valence-corrected chi connectivity index (χ1v) is 8.04. The summed E-state index contributed by atoms with van der Waals surface area (Å²) in [5.41, 5.74) is 12.7. The molecule has 126 valence electrons. The number of nitrogens with two attached hydrogens (primary N) is 2. The van der Waals surface area contributed by atoms with Gasteiger partial charge in [0.1, 0.15) is 5.82 Å². The topological polar surface area (TPSA) is 113 Å². The molecule has 0 unspecified atom stereocenters. The van der Waals surface area contributed by atoms with E-state index < -0.39 is 5.82 Å². The molecule has 0 amide bonds. The molecule has 0 saturated carbocycles. The smallest absolute Gasteiger partial charge is 0.224 e. The molecule has 3 aromatic heterocycles. The molecule has 0 atom stereocenters. The minimum Gasteiger partial charge on any atom is -0.399 e. The van der Waals surface area contributed by atoms with Crippen LogP contribution in [0, 0.1) is 5.82 Å². The van der Waals surface area contributed by atoms with Crippen molar-refractivity contribution in [2.75, 3.05) is 11.5 Å². The van der Waals surface area contributed by atoms with Gasteiger partial charge in [0.2, 0.25) is 5.95 Å². The molecule has 0 aliphatic rings. The quantitative estimate of drug-likeness (QED) is 0.507. The molecule has 8 nitrogen and oxygen atoms in total. The molecule has 0 radical (unpaired) electrons. The summed E-state index contributed by atoms with van der Waals surface area (Å²) < 4.78 is 18.0. The van der Waals surface area contributed by atoms with Crippen LogP contribution in [0.25, 0.3) is 16.9 Å². The number of nitrogen functional groups attached to an aromatic ring is 2. The standard InChI is InChI=1S/C15H12BrFN8/c16-9-4-20-25(7-9)14-11-5-21-24(13(11)22-15(19)23-14)6-8-1-2-10(18)3-12(8)17/h1-5,7H,6,18H2,(H2,19,22,23). The van der Waals surface area contributed by atoms with E-state index in [1.807, 2.05) is 0 Å². The molecule has 0 spiro atoms. The molecule has 4 rings (SSSR count). The van der Waals surface area contributed by atoms with Crippen molar-refractivity contribution in [2.24, 2.45) is 0 Å². The summed E-state index contributed by atoms with van der Waals surface area (Å²) in [5.74, 6) is 0.174. The Morgan fingerprint density at radius 2 is 1.96 bits per heavy atom. The summed E-state index contributed by atoms with van der Waals surface area (Å²) in [6.45, 7) is 0.189. The third kappa shape index (κ3) is 2.80. The third-order valence-electron chi connectivity index (χ3n) is 3.66. The summed E-state index contributed by atoms with van der Waals surface area (Å²) >= 11 is 3.34. The molecule has 3 heterocycles. The molecule has 0 saturated heterocycles. The average molecular weight is 403 g/mol. The van der Waals surface area contributed by atoms with E-state index in [9.17, 15) is 4.39 Å². The zero-order valence-corrected chi connectivity index (χ0v) is 14.4. The lowest BCUT2D eigenvalue weighted by atomic mass is 10.2. The van der Waals surface area contributed by atoms with Crippen molar-refractivity contribution in [3.63, 3.8) is 0 Å². The number of hydrogen-bond acceptors (Lipinski definition) is 6. The van der Waals surface area contributed by atoms with Crippen molar-refractivity contribution in [1.82, 2.24) is 29.5 Å². The summed E-state index contributed by atoms with van der Waals surface area (Å²) in [5, 5.41) is 9.16. The number of aromatic nitrogens is 6. The van der Waals surface area contributed by atoms with Crippen molar-refractivity contribution >= 4 is 38.6 Å². The molecule has 0 aliphatic carbocycles. The van der Waals surface area contributed by atoms with Gasteiger partial charge in [-0.2, -0.15) is 20.2 Å². The molecule has 0 aliphatic heterocycles. The first-order chi connectivity index (χ1) is 12.0. The number of halogens is 2. The van der Waals surface area contributed by atoms with Gasteiger partial charge in [-0.15, -0.1) is 0 Å². The van der Waals surface area contributed by atoms with Gasteiger partial charge < -0.3 is 11.5 Å². The van der Waals surface area contributed by atoms with E-state index in [1.165, 1.54) is 6.07 Å². The van der Waals surface area contributed by atoms with E-state index in [0.29, 0.717) is 28.1 Å². The van der Waals surface area contributed by atoms with Gasteiger partial charge in [-0.25, -0.2) is 13.8 Å². The van der Waals surface area contributed by atoms with Crippen LogP contribution in [0.3, 0.4) is 0 Å². The zero-order chi connectivity index (χ0) is 17.6. The Hall–Kier alpha value is -3.01. The first kappa shape index (κ1) is 15.5. The summed E-state index contributed by atoms with van der Waals surface area (Å²) in [7, 11) is 0. The van der Waals surface area contributed by atoms with E-state index in [-0.39, 0.29) is 12.5 Å². The van der Waals surface area contributed by atoms with E-state index in [4.69, 9.17) is 11.5 Å². The Kier molecular flexibility index (Phi) is 3.61. The fourth-order valence-corrected chi connectivity index (χ4v) is 2.80. The SMILES string of the molecule is Nc1ccc(Cn2ncc3c(-n4cc(Br)cn4)nc(N)nc32)c(F)c1. The second kappa shape index (κ2) is 5.81. The second-order valence-corrected chi connectivity index (χ2v) is 6.31. The van der Waals surface area contributed by atoms with Gasteiger partial charge in [-0.05, 0) is 28.1 Å². The fraction of sp³-hybridized carbons (Fsp3) is 0.0667. The lowest BCUT2D eigenvalue weighted by Crippen LogP contribution is -2.08. The predicted molar refractivity (Wildman–Crippen MR) is 94.5 cm³/mol. The van der Waals surface area contributed by atoms with Crippen LogP contribution in [0.2, 0.25) is 0 Å². The fourth-order valence-electron chi connectivity index (χ4n) is 2.52. The van der Waals surface area contributed by atoms with Gasteiger partial charge in [0.25, 0.3) is 0 Å². The number of rotatable bonds is 3. The van der Waals surface area contributed by atoms with Gasteiger partial charge in [0, 0.05) is 17.4 Å². The van der Waals surface area contributed by atoms with E-state index in [2.05, 4.69) is 36.1 Å². The normalized spacial score (nSPS) is 11.3. The monoisotopic (exact) mass is 402 g/mol. The van der Waals surface area contributed by atoms with Crippen molar-refractivity contribution in [3.05, 3.63) is 52.6 Å². The summed E-state index contributed by atoms with van der Waals surface area (Å²) in [4.78, 5) is 8.48. The van der Waals surface area contributed by atoms with Crippen molar-refractivity contribution in [1.29, 1.82) is 0 Å². The maximum Gasteiger partial charge on any atom is 0.224 e. The van der Waals surface area contributed by atoms with Crippen LogP contribution in [0.4, 0.5) is 16.0 Å². The summed E-state index contributed by atoms with van der Waals surface area (Å²) in [6.07, 6.45) is 4.99. The Morgan fingerprint density at radius 3 is 2.68 bits per heavy atom. The second-order valence-electron chi connectivity index (χ2n) is 5.40. The van der Waals surface area contributed by atoms with Crippen molar-refractivity contribution in [2.45, 2.75) is 6.54 Å². The van der Waals surface area contributed by atoms with Gasteiger partial charge in [-0.3, -0.25) is 0 Å². The van der Waals surface area contributed by atoms with Crippen molar-refractivity contribution in [3.8, 4) is 5.82 Å². The molecule has 10 heteroatoms. The minimum absolute atomic E-state index is 0.0775. The molecule has 0 fully saturated rings. The van der Waals surface area contributed by atoms with E-state index in [0.717, 1.165) is 4.47 Å². The maximum absolute atomic E-state index is 14.1. The van der Waals surface area contributed by atoms with Crippen molar-refractivity contribution < 1.29 is 4.39 Å². The number of anilines is 2. The lowest BCUT2D eigenvalue weighted by Gasteiger charge is -2.07. The number of benzene rings is 1. The molecule has 4 aromatic rings. The van der Waals surface area contributed by atoms with Gasteiger partial charge >= 0.3 is 0 Å². The third-order valence-corrected chi connectivity index (χ3v) is 4.07. The predicted octanol–water partition coefficient (Wildman–Crippen LogP) is 2.13. The number of nitrogens with zero attached hydrogens (tertiary/aromatic N) is 6. The van der Waals surface area contributed by atoms with Crippen LogP contribution < -0.4 is 11.5 Å². The Bertz CT molecular complexity index is 1090. The highest BCUT2D eigenvalue weighted by molar-refractivity contribution is 9.10. The minimum atomic E-state index is -0.401. The zero-order valence-electron chi connectivity index (χ0n) is 12.8. The van der Waals surface area contributed by atoms with Gasteiger partial charge in [0.15, 0.2) is 11.5 Å². The maximum atomic E-state index is 14.1. The van der Waals surface area contributed by atoms with Gasteiger partial charge in [0.05, 0.1) is 28.8 Å². The molecular formula is C15H12BrFN8. The Balaban J connectivity index is 1.83. The molecule has 4 N–H and O–H groups in total. The van der Waals surface area contributed by atoms with Crippen LogP contribution in [0.5, 0.6) is 0 Å². The molecule has 25 heavy (non-hydrogen) atoms. The number of hydrogen-bond donors (Lipinski definition) is 2. The van der Waals surface area contributed by atoms with E-state index >= 15 is 0 Å². The van der Waals surface area contributed by atoms with Gasteiger partial charge in [-0.1, -0.05) is 6.07 Å². The van der Waals surface area contributed by atoms with Crippen LogP contribution in [0.1, 0.15) is 5.56 Å². The number of fused-ring (bicyclic) bond motifs is 1. The Labute approximate surface area is 149 Å². The highest BCUT2D eigenvalue weighted by atomic mass is 79.9. The first-order valence-electron chi connectivity index (χ1n) is 7.25. The Morgan fingerprint density at radius 1 is 1.12 bits per heavy atom. The molecular weight excluding hydrogens is 391 g/mol. The van der Waals surface area contributed by atoms with Crippen LogP contribution in [-0.4, -0.2) is 29.5 Å². The van der Waals surface area contributed by atoms with Crippen LogP contribution >= 0.6 is 15.9 Å². The largest absolute Gasteiger partial charge is 0.399 e. The lowest BCUT2D eigenvalue weighted by molar-refractivity contribution is 0.590. The molecule has 1 aromatic carbocycles. The van der Waals surface area contributed by atoms with Crippen LogP contribution in [0.15, 0.2) is 41.3 Å². The molecule has 0 bridgehead atoms. The highest BCUT2D eigenvalue weighted by Crippen LogP contribution is 2.22. The highest BCUT2D eigenvalue weighted by Gasteiger charge is 2.15. The average Bonchev–Trinajstić information content (AvgIpc) is 3.16. The summed E-state index contributed by atoms with van der Waals surface area (Å²) in [6, 6.07) is 4.53. The van der Waals surface area contributed by atoms with Crippen LogP contribution in [-0.2, 0) is 6.54 Å². The van der Waals surface area contributed by atoms with E-state index in [1.54, 1.807) is 40.1 Å².